The molecule has 4 N–H and O–H groups in total. The standard InChI is InChI=1S/C24H31FN6O5/c1-34-11-3-6-20(32)31-9-7-16(8-10-31)14-35-23-28-12-18(13-29-23)19-5-2-4-17(21(19)25)15-36-24(33)30-22(26)27/h2,4-5,12-13,16H,3,6-11,14-15H2,1H3,(H4,26,27,30,33). The van der Waals surface area contributed by atoms with E-state index < -0.39 is 17.9 Å². The van der Waals surface area contributed by atoms with Crippen molar-refractivity contribution in [3.63, 3.8) is 0 Å². The first-order valence-electron chi connectivity index (χ1n) is 11.6. The first-order chi connectivity index (χ1) is 17.4. The van der Waals surface area contributed by atoms with Gasteiger partial charge in [0.25, 0.3) is 0 Å². The number of amides is 2. The molecule has 0 saturated carbocycles. The maximum atomic E-state index is 14.9. The predicted molar refractivity (Wildman–Crippen MR) is 129 cm³/mol. The Labute approximate surface area is 208 Å². The van der Waals surface area contributed by atoms with Crippen LogP contribution in [0, 0.1) is 11.7 Å². The zero-order valence-corrected chi connectivity index (χ0v) is 20.2. The molecular weight excluding hydrogens is 471 g/mol. The SMILES string of the molecule is COCCCC(=O)N1CCC(COc2ncc(-c3cccc(COC(=O)N=C(N)N)c3F)cn2)CC1. The van der Waals surface area contributed by atoms with Crippen molar-refractivity contribution in [3.8, 4) is 17.1 Å². The van der Waals surface area contributed by atoms with Crippen LogP contribution in [0.25, 0.3) is 11.1 Å². The van der Waals surface area contributed by atoms with Gasteiger partial charge in [-0.25, -0.2) is 19.2 Å². The summed E-state index contributed by atoms with van der Waals surface area (Å²) in [6.45, 7) is 2.10. The third-order valence-electron chi connectivity index (χ3n) is 5.74. The van der Waals surface area contributed by atoms with Crippen LogP contribution < -0.4 is 16.2 Å². The van der Waals surface area contributed by atoms with Gasteiger partial charge in [0.05, 0.1) is 6.61 Å². The van der Waals surface area contributed by atoms with E-state index >= 15 is 0 Å². The highest BCUT2D eigenvalue weighted by molar-refractivity contribution is 5.87. The van der Waals surface area contributed by atoms with Gasteiger partial charge >= 0.3 is 12.1 Å². The van der Waals surface area contributed by atoms with Crippen LogP contribution in [0.2, 0.25) is 0 Å². The number of halogens is 1. The monoisotopic (exact) mass is 502 g/mol. The molecule has 194 valence electrons. The van der Waals surface area contributed by atoms with Crippen molar-refractivity contribution in [1.82, 2.24) is 14.9 Å². The van der Waals surface area contributed by atoms with Gasteiger partial charge in [0.2, 0.25) is 5.91 Å². The number of hydrogen-bond acceptors (Lipinski definition) is 7. The zero-order valence-electron chi connectivity index (χ0n) is 20.2. The summed E-state index contributed by atoms with van der Waals surface area (Å²) in [6, 6.07) is 4.87. The Hall–Kier alpha value is -3.80. The minimum absolute atomic E-state index is 0.149. The molecule has 1 aromatic heterocycles. The number of nitrogens with two attached hydrogens (primary N) is 2. The number of hydrogen-bond donors (Lipinski definition) is 2. The maximum Gasteiger partial charge on any atom is 0.437 e. The van der Waals surface area contributed by atoms with Gasteiger partial charge in [0.1, 0.15) is 12.4 Å². The van der Waals surface area contributed by atoms with E-state index in [1.165, 1.54) is 18.5 Å². The molecule has 1 aliphatic rings. The molecule has 0 aliphatic carbocycles. The number of piperidine rings is 1. The van der Waals surface area contributed by atoms with Gasteiger partial charge in [-0.1, -0.05) is 18.2 Å². The fourth-order valence-electron chi connectivity index (χ4n) is 3.79. The molecule has 1 aliphatic heterocycles. The van der Waals surface area contributed by atoms with Crippen LogP contribution in [-0.2, 0) is 20.9 Å². The first-order valence-corrected chi connectivity index (χ1v) is 11.6. The van der Waals surface area contributed by atoms with Crippen LogP contribution in [-0.4, -0.2) is 66.2 Å². The number of likely N-dealkylation sites (tertiary alicyclic amines) is 1. The number of benzene rings is 1. The van der Waals surface area contributed by atoms with E-state index in [-0.39, 0.29) is 29.7 Å². The van der Waals surface area contributed by atoms with Crippen molar-refractivity contribution in [3.05, 3.63) is 42.0 Å². The highest BCUT2D eigenvalue weighted by atomic mass is 19.1. The minimum Gasteiger partial charge on any atom is -0.463 e. The molecule has 0 bridgehead atoms. The molecular formula is C24H31FN6O5. The number of carbonyl (C=O) groups is 2. The molecule has 11 nitrogen and oxygen atoms in total. The average molecular weight is 503 g/mol. The number of rotatable bonds is 10. The minimum atomic E-state index is -1.01. The maximum absolute atomic E-state index is 14.9. The van der Waals surface area contributed by atoms with Gasteiger partial charge in [-0.3, -0.25) is 4.79 Å². The number of aliphatic imine (C=N–C) groups is 1. The second-order valence-corrected chi connectivity index (χ2v) is 8.36. The summed E-state index contributed by atoms with van der Waals surface area (Å²) in [5.41, 5.74) is 11.1. The van der Waals surface area contributed by atoms with Crippen molar-refractivity contribution in [1.29, 1.82) is 0 Å². The molecule has 0 spiro atoms. The summed E-state index contributed by atoms with van der Waals surface area (Å²) in [7, 11) is 1.63. The number of ether oxygens (including phenoxy) is 3. The number of methoxy groups -OCH3 is 1. The van der Waals surface area contributed by atoms with Crippen LogP contribution >= 0.6 is 0 Å². The lowest BCUT2D eigenvalue weighted by Gasteiger charge is -2.31. The normalized spacial score (nSPS) is 13.8. The quantitative estimate of drug-likeness (QED) is 0.283. The number of guanidine groups is 1. The third kappa shape index (κ3) is 7.87. The summed E-state index contributed by atoms with van der Waals surface area (Å²) >= 11 is 0. The number of aromatic nitrogens is 2. The summed E-state index contributed by atoms with van der Waals surface area (Å²) in [5.74, 6) is -0.556. The van der Waals surface area contributed by atoms with E-state index in [0.717, 1.165) is 19.3 Å². The lowest BCUT2D eigenvalue weighted by atomic mass is 9.97. The summed E-state index contributed by atoms with van der Waals surface area (Å²) < 4.78 is 30.5. The smallest absolute Gasteiger partial charge is 0.437 e. The molecule has 0 unspecified atom stereocenters. The molecule has 2 amide bonds. The predicted octanol–water partition coefficient (Wildman–Crippen LogP) is 2.24. The van der Waals surface area contributed by atoms with Crippen LogP contribution in [0.4, 0.5) is 9.18 Å². The Balaban J connectivity index is 1.49. The fourth-order valence-corrected chi connectivity index (χ4v) is 3.79. The van der Waals surface area contributed by atoms with Crippen molar-refractivity contribution >= 4 is 18.0 Å². The third-order valence-corrected chi connectivity index (χ3v) is 5.74. The Morgan fingerprint density at radius 2 is 1.92 bits per heavy atom. The molecule has 1 fully saturated rings. The zero-order chi connectivity index (χ0) is 25.9. The highest BCUT2D eigenvalue weighted by Gasteiger charge is 2.23. The molecule has 1 aromatic carbocycles. The van der Waals surface area contributed by atoms with E-state index in [9.17, 15) is 14.0 Å². The van der Waals surface area contributed by atoms with Gasteiger partial charge < -0.3 is 30.6 Å². The molecule has 12 heteroatoms. The number of carbonyl (C=O) groups excluding carboxylic acids is 2. The second kappa shape index (κ2) is 13.3. The van der Waals surface area contributed by atoms with Crippen LogP contribution in [0.3, 0.4) is 0 Å². The van der Waals surface area contributed by atoms with Crippen molar-refractivity contribution < 1.29 is 28.2 Å². The van der Waals surface area contributed by atoms with E-state index in [1.54, 1.807) is 19.2 Å². The lowest BCUT2D eigenvalue weighted by Crippen LogP contribution is -2.39. The topological polar surface area (TPSA) is 155 Å². The highest BCUT2D eigenvalue weighted by Crippen LogP contribution is 2.25. The Bertz CT molecular complexity index is 1050. The summed E-state index contributed by atoms with van der Waals surface area (Å²) in [5, 5.41) is 0. The van der Waals surface area contributed by atoms with Crippen molar-refractivity contribution in [2.75, 3.05) is 33.4 Å². The van der Waals surface area contributed by atoms with Gasteiger partial charge in [0, 0.05) is 62.3 Å². The molecule has 0 atom stereocenters. The Kier molecular flexibility index (Phi) is 9.92. The average Bonchev–Trinajstić information content (AvgIpc) is 2.87. The van der Waals surface area contributed by atoms with E-state index in [2.05, 4.69) is 15.0 Å². The molecule has 1 saturated heterocycles. The molecule has 2 aromatic rings. The van der Waals surface area contributed by atoms with Crippen LogP contribution in [0.1, 0.15) is 31.2 Å². The van der Waals surface area contributed by atoms with Crippen molar-refractivity contribution in [2.45, 2.75) is 32.3 Å². The summed E-state index contributed by atoms with van der Waals surface area (Å²) in [6.07, 6.45) is 4.85. The van der Waals surface area contributed by atoms with Crippen LogP contribution in [0.5, 0.6) is 6.01 Å². The van der Waals surface area contributed by atoms with E-state index in [1.807, 2.05) is 4.90 Å². The van der Waals surface area contributed by atoms with Crippen molar-refractivity contribution in [2.24, 2.45) is 22.4 Å². The lowest BCUT2D eigenvalue weighted by molar-refractivity contribution is -0.133. The second-order valence-electron chi connectivity index (χ2n) is 8.36. The van der Waals surface area contributed by atoms with Gasteiger partial charge in [0.15, 0.2) is 5.96 Å². The molecule has 3 rings (SSSR count). The molecule has 2 heterocycles. The summed E-state index contributed by atoms with van der Waals surface area (Å²) in [4.78, 5) is 37.2. The Morgan fingerprint density at radius 1 is 1.19 bits per heavy atom. The molecule has 36 heavy (non-hydrogen) atoms. The fraction of sp³-hybridized carbons (Fsp3) is 0.458. The van der Waals surface area contributed by atoms with E-state index in [4.69, 9.17) is 25.7 Å². The van der Waals surface area contributed by atoms with Gasteiger partial charge in [-0.2, -0.15) is 0 Å². The van der Waals surface area contributed by atoms with Gasteiger partial charge in [-0.05, 0) is 25.2 Å². The molecule has 0 radical (unpaired) electrons. The number of nitrogens with zero attached hydrogens (tertiary/aromatic N) is 4. The Morgan fingerprint density at radius 3 is 2.58 bits per heavy atom. The van der Waals surface area contributed by atoms with E-state index in [0.29, 0.717) is 44.2 Å². The van der Waals surface area contributed by atoms with Gasteiger partial charge in [-0.15, -0.1) is 4.99 Å². The largest absolute Gasteiger partial charge is 0.463 e. The van der Waals surface area contributed by atoms with Crippen LogP contribution in [0.15, 0.2) is 35.6 Å². The first kappa shape index (κ1) is 26.8.